The number of carbonyl (C=O) groups is 2. The van der Waals surface area contributed by atoms with Crippen LogP contribution in [-0.4, -0.2) is 35.7 Å². The Morgan fingerprint density at radius 1 is 1.48 bits per heavy atom. The van der Waals surface area contributed by atoms with Gasteiger partial charge in [0.15, 0.2) is 5.78 Å². The highest BCUT2D eigenvalue weighted by molar-refractivity contribution is 6.23. The van der Waals surface area contributed by atoms with E-state index in [2.05, 4.69) is 4.99 Å². The fourth-order valence-electron chi connectivity index (χ4n) is 2.76. The van der Waals surface area contributed by atoms with Crippen LogP contribution < -0.4 is 0 Å². The number of carbonyl (C=O) groups excluding carboxylic acids is 2. The third-order valence-electron chi connectivity index (χ3n) is 3.68. The number of aliphatic hydroxyl groups is 1. The number of allylic oxidation sites excluding steroid dienone is 1. The molecule has 0 aromatic heterocycles. The second-order valence-corrected chi connectivity index (χ2v) is 6.33. The summed E-state index contributed by atoms with van der Waals surface area (Å²) in [4.78, 5) is 28.8. The summed E-state index contributed by atoms with van der Waals surface area (Å²) < 4.78 is 4.79. The van der Waals surface area contributed by atoms with Crippen LogP contribution in [-0.2, 0) is 14.3 Å². The molecule has 1 unspecified atom stereocenters. The smallest absolute Gasteiger partial charge is 0.316 e. The molecule has 1 atom stereocenters. The molecule has 0 aromatic carbocycles. The van der Waals surface area contributed by atoms with Gasteiger partial charge in [-0.2, -0.15) is 0 Å². The van der Waals surface area contributed by atoms with Crippen molar-refractivity contribution in [2.24, 2.45) is 16.3 Å². The van der Waals surface area contributed by atoms with E-state index in [0.29, 0.717) is 12.1 Å². The molecule has 1 rings (SSSR count). The summed E-state index contributed by atoms with van der Waals surface area (Å²) in [6, 6.07) is 0.0135. The number of hydrogen-bond acceptors (Lipinski definition) is 5. The van der Waals surface area contributed by atoms with E-state index >= 15 is 0 Å². The fraction of sp³-hybridized carbons (Fsp3) is 0.688. The minimum absolute atomic E-state index is 0.0135. The maximum Gasteiger partial charge on any atom is 0.316 e. The first kappa shape index (κ1) is 17.4. The Morgan fingerprint density at radius 2 is 2.05 bits per heavy atom. The van der Waals surface area contributed by atoms with Gasteiger partial charge in [0.05, 0.1) is 12.7 Å². The van der Waals surface area contributed by atoms with E-state index < -0.39 is 17.3 Å². The number of rotatable bonds is 4. The van der Waals surface area contributed by atoms with Crippen molar-refractivity contribution in [1.29, 1.82) is 0 Å². The average molecular weight is 295 g/mol. The zero-order valence-electron chi connectivity index (χ0n) is 13.7. The number of esters is 1. The molecular formula is C16H25NO4. The zero-order valence-corrected chi connectivity index (χ0v) is 13.7. The van der Waals surface area contributed by atoms with Gasteiger partial charge in [-0.15, -0.1) is 0 Å². The Bertz CT molecular complexity index is 500. The highest BCUT2D eigenvalue weighted by Crippen LogP contribution is 2.42. The van der Waals surface area contributed by atoms with Crippen LogP contribution in [0.1, 0.15) is 47.5 Å². The topological polar surface area (TPSA) is 76.0 Å². The van der Waals surface area contributed by atoms with Crippen LogP contribution >= 0.6 is 0 Å². The molecule has 0 amide bonds. The number of aliphatic imine (C=N–C) groups is 1. The molecule has 0 heterocycles. The maximum atomic E-state index is 12.4. The normalized spacial score (nSPS) is 22.7. The lowest BCUT2D eigenvalue weighted by Crippen LogP contribution is -2.41. The van der Waals surface area contributed by atoms with Crippen LogP contribution in [0.4, 0.5) is 0 Å². The molecule has 5 nitrogen and oxygen atoms in total. The van der Waals surface area contributed by atoms with Crippen molar-refractivity contribution in [3.05, 3.63) is 11.3 Å². The van der Waals surface area contributed by atoms with E-state index in [1.54, 1.807) is 13.8 Å². The number of nitrogens with zero attached hydrogens (tertiary/aromatic N) is 1. The third-order valence-corrected chi connectivity index (χ3v) is 3.68. The molecule has 0 bridgehead atoms. The van der Waals surface area contributed by atoms with Gasteiger partial charge in [-0.3, -0.25) is 14.6 Å². The number of ketones is 1. The molecule has 0 aliphatic heterocycles. The number of methoxy groups -OCH3 is 1. The summed E-state index contributed by atoms with van der Waals surface area (Å²) in [5.74, 6) is -1.73. The largest absolute Gasteiger partial charge is 0.511 e. The molecule has 118 valence electrons. The van der Waals surface area contributed by atoms with Gasteiger partial charge in [0.1, 0.15) is 11.7 Å². The van der Waals surface area contributed by atoms with Crippen molar-refractivity contribution in [3.8, 4) is 0 Å². The highest BCUT2D eigenvalue weighted by atomic mass is 16.5. The van der Waals surface area contributed by atoms with E-state index in [1.165, 1.54) is 7.11 Å². The van der Waals surface area contributed by atoms with Crippen LogP contribution in [0.25, 0.3) is 0 Å². The summed E-state index contributed by atoms with van der Waals surface area (Å²) in [6.45, 7) is 9.25. The Labute approximate surface area is 126 Å². The second-order valence-electron chi connectivity index (χ2n) is 6.33. The van der Waals surface area contributed by atoms with Gasteiger partial charge in [-0.05, 0) is 25.7 Å². The van der Waals surface area contributed by atoms with Crippen molar-refractivity contribution in [1.82, 2.24) is 0 Å². The van der Waals surface area contributed by atoms with Gasteiger partial charge in [-0.1, -0.05) is 20.8 Å². The SMILES string of the molecule is CCC(=NC(C)C)C1=C(O)C(C(=O)OC)C(C)(C)CC1=O. The van der Waals surface area contributed by atoms with Crippen molar-refractivity contribution < 1.29 is 19.4 Å². The summed E-state index contributed by atoms with van der Waals surface area (Å²) in [6.07, 6.45) is 0.709. The molecular weight excluding hydrogens is 270 g/mol. The first-order chi connectivity index (χ1) is 9.65. The number of ether oxygens (including phenoxy) is 1. The van der Waals surface area contributed by atoms with Gasteiger partial charge < -0.3 is 9.84 Å². The third kappa shape index (κ3) is 3.52. The van der Waals surface area contributed by atoms with Gasteiger partial charge in [0.2, 0.25) is 0 Å². The molecule has 0 radical (unpaired) electrons. The summed E-state index contributed by atoms with van der Waals surface area (Å²) >= 11 is 0. The van der Waals surface area contributed by atoms with E-state index in [1.807, 2.05) is 20.8 Å². The molecule has 0 spiro atoms. The Hall–Kier alpha value is -1.65. The predicted molar refractivity (Wildman–Crippen MR) is 81.4 cm³/mol. The lowest BCUT2D eigenvalue weighted by molar-refractivity contribution is -0.150. The summed E-state index contributed by atoms with van der Waals surface area (Å²) in [7, 11) is 1.28. The lowest BCUT2D eigenvalue weighted by Gasteiger charge is -2.36. The standard InChI is InChI=1S/C16H25NO4/c1-7-10(17-9(2)3)12-11(18)8-16(4,5)13(14(12)19)15(20)21-6/h9,13,19H,7-8H2,1-6H3. The highest BCUT2D eigenvalue weighted by Gasteiger charge is 2.47. The van der Waals surface area contributed by atoms with Gasteiger partial charge >= 0.3 is 5.97 Å². The van der Waals surface area contributed by atoms with E-state index in [4.69, 9.17) is 4.74 Å². The number of Topliss-reactive ketones (excluding diaryl/α,β-unsaturated/α-hetero) is 1. The zero-order chi connectivity index (χ0) is 16.4. The minimum atomic E-state index is -0.834. The molecule has 1 aliphatic rings. The van der Waals surface area contributed by atoms with Crippen molar-refractivity contribution in [2.75, 3.05) is 7.11 Å². The van der Waals surface area contributed by atoms with Crippen LogP contribution in [0, 0.1) is 11.3 Å². The molecule has 21 heavy (non-hydrogen) atoms. The van der Waals surface area contributed by atoms with Crippen molar-refractivity contribution in [3.63, 3.8) is 0 Å². The average Bonchev–Trinajstić information content (AvgIpc) is 2.34. The fourth-order valence-corrected chi connectivity index (χ4v) is 2.76. The first-order valence-corrected chi connectivity index (χ1v) is 7.26. The van der Waals surface area contributed by atoms with Crippen molar-refractivity contribution in [2.45, 2.75) is 53.5 Å². The lowest BCUT2D eigenvalue weighted by atomic mass is 9.67. The van der Waals surface area contributed by atoms with E-state index in [9.17, 15) is 14.7 Å². The second kappa shape index (κ2) is 6.41. The van der Waals surface area contributed by atoms with E-state index in [-0.39, 0.29) is 29.6 Å². The number of hydrogen-bond donors (Lipinski definition) is 1. The molecule has 0 saturated carbocycles. The quantitative estimate of drug-likeness (QED) is 0.639. The molecule has 1 aliphatic carbocycles. The molecule has 0 aromatic rings. The van der Waals surface area contributed by atoms with E-state index in [0.717, 1.165) is 0 Å². The van der Waals surface area contributed by atoms with Crippen LogP contribution in [0.2, 0.25) is 0 Å². The van der Waals surface area contributed by atoms with Crippen molar-refractivity contribution >= 4 is 17.5 Å². The predicted octanol–water partition coefficient (Wildman–Crippen LogP) is 2.85. The molecule has 0 saturated heterocycles. The van der Waals surface area contributed by atoms with Gasteiger partial charge in [-0.25, -0.2) is 0 Å². The van der Waals surface area contributed by atoms with Gasteiger partial charge in [0, 0.05) is 18.2 Å². The van der Waals surface area contributed by atoms with Crippen LogP contribution in [0.3, 0.4) is 0 Å². The maximum absolute atomic E-state index is 12.4. The first-order valence-electron chi connectivity index (χ1n) is 7.26. The summed E-state index contributed by atoms with van der Waals surface area (Å²) in [5.41, 5.74) is 0.0758. The molecule has 1 N–H and O–H groups in total. The molecule has 0 fully saturated rings. The number of aliphatic hydroxyl groups excluding tert-OH is 1. The van der Waals surface area contributed by atoms with Gasteiger partial charge in [0.25, 0.3) is 0 Å². The summed E-state index contributed by atoms with van der Waals surface area (Å²) in [5, 5.41) is 10.5. The minimum Gasteiger partial charge on any atom is -0.511 e. The molecule has 5 heteroatoms. The Balaban J connectivity index is 3.47. The Morgan fingerprint density at radius 3 is 2.48 bits per heavy atom. The van der Waals surface area contributed by atoms with Crippen LogP contribution in [0.15, 0.2) is 16.3 Å². The monoisotopic (exact) mass is 295 g/mol. The Kier molecular flexibility index (Phi) is 5.31. The van der Waals surface area contributed by atoms with Crippen LogP contribution in [0.5, 0.6) is 0 Å².